The van der Waals surface area contributed by atoms with Gasteiger partial charge in [0.25, 0.3) is 0 Å². The molecule has 0 amide bonds. The molecule has 1 saturated carbocycles. The fourth-order valence-electron chi connectivity index (χ4n) is 2.75. The number of benzene rings is 1. The molecule has 20 heavy (non-hydrogen) atoms. The number of rotatable bonds is 2. The Kier molecular flexibility index (Phi) is 2.49. The average molecular weight is 269 g/mol. The molecule has 0 radical (unpaired) electrons. The topological polar surface area (TPSA) is 60.0 Å². The van der Waals surface area contributed by atoms with Crippen molar-refractivity contribution >= 4 is 0 Å². The van der Waals surface area contributed by atoms with E-state index in [1.165, 1.54) is 5.56 Å². The smallest absolute Gasteiger partial charge is 0.181 e. The van der Waals surface area contributed by atoms with E-state index in [-0.39, 0.29) is 5.54 Å². The van der Waals surface area contributed by atoms with Crippen molar-refractivity contribution in [3.05, 3.63) is 35.7 Å². The second-order valence-electron chi connectivity index (χ2n) is 6.05. The van der Waals surface area contributed by atoms with Gasteiger partial charge in [-0.05, 0) is 25.5 Å². The largest absolute Gasteiger partial charge is 0.321 e. The second-order valence-corrected chi connectivity index (χ2v) is 6.05. The maximum absolute atomic E-state index is 6.21. The summed E-state index contributed by atoms with van der Waals surface area (Å²) < 4.78 is 2.02. The van der Waals surface area contributed by atoms with Crippen molar-refractivity contribution in [1.82, 2.24) is 19.7 Å². The van der Waals surface area contributed by atoms with E-state index < -0.39 is 0 Å². The molecule has 2 N–H and O–H groups in total. The summed E-state index contributed by atoms with van der Waals surface area (Å²) in [6.07, 6.45) is 2.19. The molecular weight excluding hydrogens is 250 g/mol. The summed E-state index contributed by atoms with van der Waals surface area (Å²) >= 11 is 0. The first-order valence-corrected chi connectivity index (χ1v) is 7.16. The van der Waals surface area contributed by atoms with Gasteiger partial charge in [0.05, 0.1) is 13.1 Å². The van der Waals surface area contributed by atoms with Crippen molar-refractivity contribution in [3.8, 4) is 11.4 Å². The summed E-state index contributed by atoms with van der Waals surface area (Å²) in [7, 11) is 2.11. The Hall–Kier alpha value is -1.72. The molecule has 1 aromatic carbocycles. The Morgan fingerprint density at radius 1 is 1.15 bits per heavy atom. The van der Waals surface area contributed by atoms with Crippen molar-refractivity contribution < 1.29 is 0 Å². The van der Waals surface area contributed by atoms with E-state index in [1.54, 1.807) is 0 Å². The summed E-state index contributed by atoms with van der Waals surface area (Å²) in [5, 5.41) is 4.61. The summed E-state index contributed by atoms with van der Waals surface area (Å²) in [5.41, 5.74) is 8.44. The van der Waals surface area contributed by atoms with E-state index in [0.29, 0.717) is 0 Å². The van der Waals surface area contributed by atoms with Gasteiger partial charge < -0.3 is 5.73 Å². The molecule has 1 aliphatic carbocycles. The highest BCUT2D eigenvalue weighted by Crippen LogP contribution is 2.42. The van der Waals surface area contributed by atoms with Crippen molar-refractivity contribution in [1.29, 1.82) is 0 Å². The lowest BCUT2D eigenvalue weighted by Gasteiger charge is -2.21. The van der Waals surface area contributed by atoms with E-state index in [0.717, 1.165) is 49.7 Å². The molecule has 1 fully saturated rings. The maximum Gasteiger partial charge on any atom is 0.181 e. The van der Waals surface area contributed by atoms with Crippen LogP contribution >= 0.6 is 0 Å². The highest BCUT2D eigenvalue weighted by Gasteiger charge is 2.39. The van der Waals surface area contributed by atoms with E-state index >= 15 is 0 Å². The Bertz CT molecular complexity index is 639. The predicted molar refractivity (Wildman–Crippen MR) is 76.9 cm³/mol. The number of nitrogens with two attached hydrogens (primary N) is 1. The molecule has 0 atom stereocenters. The lowest BCUT2D eigenvalue weighted by Crippen LogP contribution is -2.30. The van der Waals surface area contributed by atoms with Crippen LogP contribution in [0.25, 0.3) is 11.4 Å². The molecule has 0 spiro atoms. The van der Waals surface area contributed by atoms with Gasteiger partial charge in [0.2, 0.25) is 0 Å². The Morgan fingerprint density at radius 2 is 1.90 bits per heavy atom. The molecule has 5 nitrogen and oxygen atoms in total. The molecule has 4 rings (SSSR count). The van der Waals surface area contributed by atoms with Crippen LogP contribution in [0.2, 0.25) is 0 Å². The van der Waals surface area contributed by atoms with Crippen LogP contribution in [0.15, 0.2) is 24.3 Å². The summed E-state index contributed by atoms with van der Waals surface area (Å²) in [5.74, 6) is 1.87. The van der Waals surface area contributed by atoms with Crippen LogP contribution in [0.1, 0.15) is 24.2 Å². The van der Waals surface area contributed by atoms with Gasteiger partial charge in [-0.2, -0.15) is 5.10 Å². The molecule has 2 heterocycles. The number of hydrogen-bond acceptors (Lipinski definition) is 4. The number of nitrogens with zero attached hydrogens (tertiary/aromatic N) is 4. The highest BCUT2D eigenvalue weighted by atomic mass is 15.4. The first-order chi connectivity index (χ1) is 9.64. The molecule has 5 heteroatoms. The van der Waals surface area contributed by atoms with Crippen molar-refractivity contribution in [2.75, 3.05) is 13.6 Å². The molecule has 0 saturated heterocycles. The quantitative estimate of drug-likeness (QED) is 0.893. The van der Waals surface area contributed by atoms with E-state index in [4.69, 9.17) is 5.73 Å². The van der Waals surface area contributed by atoms with E-state index in [2.05, 4.69) is 46.3 Å². The van der Waals surface area contributed by atoms with Gasteiger partial charge in [-0.1, -0.05) is 24.3 Å². The van der Waals surface area contributed by atoms with Gasteiger partial charge in [0, 0.05) is 17.6 Å². The van der Waals surface area contributed by atoms with E-state index in [1.807, 2.05) is 4.68 Å². The van der Waals surface area contributed by atoms with Gasteiger partial charge in [0.15, 0.2) is 5.82 Å². The first-order valence-electron chi connectivity index (χ1n) is 7.16. The third kappa shape index (κ3) is 1.94. The Balaban J connectivity index is 1.64. The number of likely N-dealkylation sites (N-methyl/N-ethyl adjacent to an activating group) is 1. The monoisotopic (exact) mass is 269 g/mol. The standard InChI is InChI=1S/C15H19N5/c1-19-8-9-20-13(10-19)17-14(18-20)11-2-4-12(5-3-11)15(16)6-7-15/h2-5H,6-10,16H2,1H3. The fourth-order valence-corrected chi connectivity index (χ4v) is 2.75. The van der Waals surface area contributed by atoms with Crippen LogP contribution < -0.4 is 5.73 Å². The van der Waals surface area contributed by atoms with Crippen LogP contribution in [0.5, 0.6) is 0 Å². The minimum absolute atomic E-state index is 0.0674. The van der Waals surface area contributed by atoms with Crippen LogP contribution in [0, 0.1) is 0 Å². The molecule has 0 bridgehead atoms. The third-order valence-electron chi connectivity index (χ3n) is 4.36. The minimum Gasteiger partial charge on any atom is -0.321 e. The lowest BCUT2D eigenvalue weighted by molar-refractivity contribution is 0.254. The van der Waals surface area contributed by atoms with Gasteiger partial charge in [-0.3, -0.25) is 4.90 Å². The highest BCUT2D eigenvalue weighted by molar-refractivity contribution is 5.56. The van der Waals surface area contributed by atoms with Crippen molar-refractivity contribution in [2.45, 2.75) is 31.5 Å². The maximum atomic E-state index is 6.21. The van der Waals surface area contributed by atoms with Crippen LogP contribution in [0.3, 0.4) is 0 Å². The molecule has 1 aromatic heterocycles. The number of hydrogen-bond donors (Lipinski definition) is 1. The summed E-state index contributed by atoms with van der Waals surface area (Å²) in [6, 6.07) is 8.42. The molecule has 104 valence electrons. The molecule has 0 unspecified atom stereocenters. The fraction of sp³-hybridized carbons (Fsp3) is 0.467. The van der Waals surface area contributed by atoms with Gasteiger partial charge >= 0.3 is 0 Å². The molecular formula is C15H19N5. The Labute approximate surface area is 118 Å². The normalized spacial score (nSPS) is 20.7. The van der Waals surface area contributed by atoms with Gasteiger partial charge in [0.1, 0.15) is 5.82 Å². The summed E-state index contributed by atoms with van der Waals surface area (Å²) in [6.45, 7) is 2.82. The molecule has 2 aliphatic rings. The SMILES string of the molecule is CN1CCn2nc(-c3ccc(C4(N)CC4)cc3)nc2C1. The minimum atomic E-state index is -0.0674. The zero-order valence-electron chi connectivity index (χ0n) is 11.7. The number of aromatic nitrogens is 3. The lowest BCUT2D eigenvalue weighted by atomic mass is 10.0. The number of fused-ring (bicyclic) bond motifs is 1. The predicted octanol–water partition coefficient (Wildman–Crippen LogP) is 1.34. The van der Waals surface area contributed by atoms with Crippen molar-refractivity contribution in [2.24, 2.45) is 5.73 Å². The average Bonchev–Trinajstić information content (AvgIpc) is 3.07. The Morgan fingerprint density at radius 3 is 2.60 bits per heavy atom. The first kappa shape index (κ1) is 12.1. The zero-order chi connectivity index (χ0) is 13.7. The second kappa shape index (κ2) is 4.14. The van der Waals surface area contributed by atoms with Crippen LogP contribution in [-0.4, -0.2) is 33.3 Å². The molecule has 2 aromatic rings. The van der Waals surface area contributed by atoms with E-state index in [9.17, 15) is 0 Å². The third-order valence-corrected chi connectivity index (χ3v) is 4.36. The van der Waals surface area contributed by atoms with Gasteiger partial charge in [-0.25, -0.2) is 9.67 Å². The van der Waals surface area contributed by atoms with Crippen LogP contribution in [-0.2, 0) is 18.6 Å². The van der Waals surface area contributed by atoms with Gasteiger partial charge in [-0.15, -0.1) is 0 Å². The van der Waals surface area contributed by atoms with Crippen molar-refractivity contribution in [3.63, 3.8) is 0 Å². The zero-order valence-corrected chi connectivity index (χ0v) is 11.7. The molecule has 1 aliphatic heterocycles. The van der Waals surface area contributed by atoms with Crippen LogP contribution in [0.4, 0.5) is 0 Å². The summed E-state index contributed by atoms with van der Waals surface area (Å²) in [4.78, 5) is 6.92.